The van der Waals surface area contributed by atoms with Crippen LogP contribution >= 0.6 is 0 Å². The molecule has 2 heterocycles. The molecule has 0 saturated carbocycles. The van der Waals surface area contributed by atoms with Crippen LogP contribution in [0.25, 0.3) is 11.3 Å². The summed E-state index contributed by atoms with van der Waals surface area (Å²) < 4.78 is 34.4. The monoisotopic (exact) mass is 304 g/mol. The smallest absolute Gasteiger partial charge is 0.156 e. The van der Waals surface area contributed by atoms with Crippen LogP contribution in [0.2, 0.25) is 0 Å². The highest BCUT2D eigenvalue weighted by molar-refractivity contribution is 5.57. The van der Waals surface area contributed by atoms with Crippen molar-refractivity contribution in [1.29, 1.82) is 0 Å². The van der Waals surface area contributed by atoms with Crippen molar-refractivity contribution in [2.24, 2.45) is 7.05 Å². The molecule has 0 N–H and O–H groups in total. The van der Waals surface area contributed by atoms with E-state index in [0.717, 1.165) is 5.56 Å². The van der Waals surface area contributed by atoms with E-state index in [4.69, 9.17) is 4.52 Å². The van der Waals surface area contributed by atoms with Crippen LogP contribution < -0.4 is 4.90 Å². The van der Waals surface area contributed by atoms with Gasteiger partial charge in [0.15, 0.2) is 5.76 Å². The highest BCUT2D eigenvalue weighted by atomic mass is 19.1. The number of nitrogens with zero attached hydrogens (tertiary/aromatic N) is 4. The maximum absolute atomic E-state index is 13.7. The SMILES string of the molecule is CN(Cc1cc(-c2cnn(C)c2)no1)c1c(F)cccc1F. The van der Waals surface area contributed by atoms with Crippen LogP contribution in [-0.2, 0) is 13.6 Å². The number of aromatic nitrogens is 3. The van der Waals surface area contributed by atoms with E-state index in [1.165, 1.54) is 23.1 Å². The van der Waals surface area contributed by atoms with Gasteiger partial charge in [-0.15, -0.1) is 0 Å². The van der Waals surface area contributed by atoms with Crippen molar-refractivity contribution in [3.63, 3.8) is 0 Å². The molecule has 0 unspecified atom stereocenters. The zero-order valence-electron chi connectivity index (χ0n) is 12.1. The lowest BCUT2D eigenvalue weighted by Crippen LogP contribution is -2.18. The van der Waals surface area contributed by atoms with E-state index < -0.39 is 11.6 Å². The molecule has 0 bridgehead atoms. The fourth-order valence-corrected chi connectivity index (χ4v) is 2.24. The van der Waals surface area contributed by atoms with Crippen molar-refractivity contribution in [2.75, 3.05) is 11.9 Å². The molecule has 22 heavy (non-hydrogen) atoms. The first-order chi connectivity index (χ1) is 10.5. The molecule has 0 aliphatic rings. The lowest BCUT2D eigenvalue weighted by atomic mass is 10.2. The minimum atomic E-state index is -0.616. The van der Waals surface area contributed by atoms with Crippen LogP contribution in [0.1, 0.15) is 5.76 Å². The van der Waals surface area contributed by atoms with Gasteiger partial charge >= 0.3 is 0 Å². The molecule has 7 heteroatoms. The quantitative estimate of drug-likeness (QED) is 0.743. The molecule has 114 valence electrons. The highest BCUT2D eigenvalue weighted by Crippen LogP contribution is 2.25. The summed E-state index contributed by atoms with van der Waals surface area (Å²) in [5.74, 6) is -0.729. The Morgan fingerprint density at radius 3 is 2.64 bits per heavy atom. The Kier molecular flexibility index (Phi) is 3.62. The number of anilines is 1. The van der Waals surface area contributed by atoms with Crippen LogP contribution in [0, 0.1) is 11.6 Å². The lowest BCUT2D eigenvalue weighted by molar-refractivity contribution is 0.384. The van der Waals surface area contributed by atoms with Gasteiger partial charge in [-0.1, -0.05) is 11.2 Å². The number of para-hydroxylation sites is 1. The first kappa shape index (κ1) is 14.2. The van der Waals surface area contributed by atoms with Crippen LogP contribution in [0.5, 0.6) is 0 Å². The Hall–Kier alpha value is -2.70. The van der Waals surface area contributed by atoms with Crippen molar-refractivity contribution < 1.29 is 13.3 Å². The summed E-state index contributed by atoms with van der Waals surface area (Å²) in [6.45, 7) is 0.200. The molecule has 5 nitrogen and oxygen atoms in total. The van der Waals surface area contributed by atoms with Gasteiger partial charge in [-0.2, -0.15) is 5.10 Å². The number of hydrogen-bond acceptors (Lipinski definition) is 4. The Morgan fingerprint density at radius 1 is 1.27 bits per heavy atom. The summed E-state index contributed by atoms with van der Waals surface area (Å²) >= 11 is 0. The Balaban J connectivity index is 1.80. The molecule has 0 aliphatic carbocycles. The number of rotatable bonds is 4. The lowest BCUT2D eigenvalue weighted by Gasteiger charge is -2.18. The molecular weight excluding hydrogens is 290 g/mol. The second-order valence-electron chi connectivity index (χ2n) is 5.01. The zero-order chi connectivity index (χ0) is 15.7. The first-order valence-electron chi connectivity index (χ1n) is 6.64. The van der Waals surface area contributed by atoms with Crippen molar-refractivity contribution in [3.05, 3.63) is 54.1 Å². The molecule has 1 aromatic carbocycles. The third-order valence-corrected chi connectivity index (χ3v) is 3.27. The van der Waals surface area contributed by atoms with Gasteiger partial charge in [0.05, 0.1) is 12.7 Å². The van der Waals surface area contributed by atoms with Crippen LogP contribution in [0.3, 0.4) is 0 Å². The molecule has 2 aromatic heterocycles. The molecule has 0 amide bonds. The molecule has 0 spiro atoms. The molecule has 3 aromatic rings. The molecule has 0 aliphatic heterocycles. The number of hydrogen-bond donors (Lipinski definition) is 0. The second-order valence-corrected chi connectivity index (χ2v) is 5.01. The third kappa shape index (κ3) is 2.69. The van der Waals surface area contributed by atoms with E-state index in [2.05, 4.69) is 10.3 Å². The minimum Gasteiger partial charge on any atom is -0.362 e. The fourth-order valence-electron chi connectivity index (χ4n) is 2.24. The van der Waals surface area contributed by atoms with Crippen LogP contribution in [0.4, 0.5) is 14.5 Å². The van der Waals surface area contributed by atoms with Crippen molar-refractivity contribution in [3.8, 4) is 11.3 Å². The van der Waals surface area contributed by atoms with E-state index >= 15 is 0 Å². The van der Waals surface area contributed by atoms with E-state index in [-0.39, 0.29) is 12.2 Å². The number of benzene rings is 1. The highest BCUT2D eigenvalue weighted by Gasteiger charge is 2.16. The molecule has 0 atom stereocenters. The summed E-state index contributed by atoms with van der Waals surface area (Å²) in [5.41, 5.74) is 1.35. The van der Waals surface area contributed by atoms with Gasteiger partial charge in [0.1, 0.15) is 23.0 Å². The standard InChI is InChI=1S/C15H14F2N4O/c1-20(15-12(16)4-3-5-13(15)17)9-11-6-14(19-22-11)10-7-18-21(2)8-10/h3-8H,9H2,1-2H3. The van der Waals surface area contributed by atoms with Crippen molar-refractivity contribution in [2.45, 2.75) is 6.54 Å². The Morgan fingerprint density at radius 2 is 2.00 bits per heavy atom. The van der Waals surface area contributed by atoms with Gasteiger partial charge in [0, 0.05) is 31.9 Å². The number of halogens is 2. The largest absolute Gasteiger partial charge is 0.362 e. The van der Waals surface area contributed by atoms with Gasteiger partial charge in [-0.3, -0.25) is 4.68 Å². The second kappa shape index (κ2) is 5.59. The molecular formula is C15H14F2N4O. The average molecular weight is 304 g/mol. The summed E-state index contributed by atoms with van der Waals surface area (Å²) in [7, 11) is 3.40. The third-order valence-electron chi connectivity index (χ3n) is 3.27. The number of aryl methyl sites for hydroxylation is 1. The minimum absolute atomic E-state index is 0.0955. The van der Waals surface area contributed by atoms with Crippen molar-refractivity contribution in [1.82, 2.24) is 14.9 Å². The van der Waals surface area contributed by atoms with Gasteiger partial charge in [-0.25, -0.2) is 8.78 Å². The maximum atomic E-state index is 13.7. The predicted molar refractivity (Wildman–Crippen MR) is 77.2 cm³/mol. The van der Waals surface area contributed by atoms with E-state index in [9.17, 15) is 8.78 Å². The van der Waals surface area contributed by atoms with Crippen LogP contribution in [0.15, 0.2) is 41.2 Å². The average Bonchev–Trinajstić information content (AvgIpc) is 3.07. The normalized spacial score (nSPS) is 10.9. The molecule has 0 radical (unpaired) electrons. The van der Waals surface area contributed by atoms with E-state index in [1.54, 1.807) is 31.0 Å². The topological polar surface area (TPSA) is 47.1 Å². The van der Waals surface area contributed by atoms with Crippen LogP contribution in [-0.4, -0.2) is 22.0 Å². The first-order valence-corrected chi connectivity index (χ1v) is 6.64. The van der Waals surface area contributed by atoms with Crippen molar-refractivity contribution >= 4 is 5.69 Å². The summed E-state index contributed by atoms with van der Waals surface area (Å²) in [5, 5.41) is 8.01. The summed E-state index contributed by atoms with van der Waals surface area (Å²) in [6.07, 6.45) is 3.48. The van der Waals surface area contributed by atoms with Gasteiger partial charge < -0.3 is 9.42 Å². The molecule has 3 rings (SSSR count). The maximum Gasteiger partial charge on any atom is 0.156 e. The van der Waals surface area contributed by atoms with E-state index in [1.807, 2.05) is 6.20 Å². The fraction of sp³-hybridized carbons (Fsp3) is 0.200. The summed E-state index contributed by atoms with van der Waals surface area (Å²) in [4.78, 5) is 1.44. The van der Waals surface area contributed by atoms with E-state index in [0.29, 0.717) is 11.5 Å². The molecule has 0 fully saturated rings. The van der Waals surface area contributed by atoms with Gasteiger partial charge in [0.2, 0.25) is 0 Å². The van der Waals surface area contributed by atoms with Gasteiger partial charge in [-0.05, 0) is 12.1 Å². The van der Waals surface area contributed by atoms with Gasteiger partial charge in [0.25, 0.3) is 0 Å². The molecule has 0 saturated heterocycles. The predicted octanol–water partition coefficient (Wildman–Crippen LogP) is 2.99. The Bertz CT molecular complexity index is 776. The summed E-state index contributed by atoms with van der Waals surface area (Å²) in [6, 6.07) is 5.50. The Labute approximate surface area is 125 Å². The zero-order valence-corrected chi connectivity index (χ0v) is 12.1.